The minimum Gasteiger partial charge on any atom is -0.394 e. The molecule has 18 heavy (non-hydrogen) atoms. The molecular formula is C13H26N4O. The number of aryl methyl sites for hydroxylation is 2. The molecule has 5 nitrogen and oxygen atoms in total. The van der Waals surface area contributed by atoms with E-state index in [1.54, 1.807) is 4.68 Å². The van der Waals surface area contributed by atoms with Crippen LogP contribution in [0.4, 0.5) is 11.5 Å². The van der Waals surface area contributed by atoms with Gasteiger partial charge in [-0.15, -0.1) is 0 Å². The first-order valence-electron chi connectivity index (χ1n) is 6.78. The van der Waals surface area contributed by atoms with Crippen LogP contribution in [0.1, 0.15) is 39.3 Å². The van der Waals surface area contributed by atoms with Gasteiger partial charge in [-0.25, -0.2) is 0 Å². The number of aliphatic hydroxyl groups is 1. The van der Waals surface area contributed by atoms with Crippen LogP contribution >= 0.6 is 0 Å². The van der Waals surface area contributed by atoms with Crippen LogP contribution < -0.4 is 11.1 Å². The van der Waals surface area contributed by atoms with Crippen LogP contribution in [0.3, 0.4) is 0 Å². The molecular weight excluding hydrogens is 228 g/mol. The van der Waals surface area contributed by atoms with E-state index < -0.39 is 0 Å². The summed E-state index contributed by atoms with van der Waals surface area (Å²) >= 11 is 0. The lowest BCUT2D eigenvalue weighted by Crippen LogP contribution is -2.28. The van der Waals surface area contributed by atoms with Crippen molar-refractivity contribution in [3.8, 4) is 0 Å². The van der Waals surface area contributed by atoms with Crippen LogP contribution in [-0.4, -0.2) is 27.5 Å². The topological polar surface area (TPSA) is 76.1 Å². The van der Waals surface area contributed by atoms with Gasteiger partial charge in [0.2, 0.25) is 0 Å². The Morgan fingerprint density at radius 3 is 2.39 bits per heavy atom. The summed E-state index contributed by atoms with van der Waals surface area (Å²) in [6, 6.07) is 0. The molecule has 1 aromatic rings. The van der Waals surface area contributed by atoms with Gasteiger partial charge in [0, 0.05) is 13.6 Å². The number of nitrogens with two attached hydrogens (primary N) is 1. The lowest BCUT2D eigenvalue weighted by Gasteiger charge is -2.21. The molecule has 0 saturated heterocycles. The molecule has 0 aliphatic carbocycles. The fraction of sp³-hybridized carbons (Fsp3) is 0.769. The van der Waals surface area contributed by atoms with Crippen LogP contribution in [0.15, 0.2) is 0 Å². The van der Waals surface area contributed by atoms with Gasteiger partial charge in [0.25, 0.3) is 0 Å². The Balaban J connectivity index is 2.66. The summed E-state index contributed by atoms with van der Waals surface area (Å²) < 4.78 is 1.74. The molecule has 0 amide bonds. The van der Waals surface area contributed by atoms with Crippen LogP contribution in [0.5, 0.6) is 0 Å². The minimum absolute atomic E-state index is 0.331. The highest BCUT2D eigenvalue weighted by atomic mass is 16.3. The summed E-state index contributed by atoms with van der Waals surface area (Å²) in [5, 5.41) is 17.6. The quantitative estimate of drug-likeness (QED) is 0.693. The molecule has 0 aliphatic rings. The Bertz CT molecular complexity index is 371. The first-order chi connectivity index (χ1) is 8.54. The molecule has 4 N–H and O–H groups in total. The van der Waals surface area contributed by atoms with Gasteiger partial charge in [0.05, 0.1) is 17.5 Å². The Morgan fingerprint density at radius 1 is 1.33 bits per heavy atom. The zero-order valence-electron chi connectivity index (χ0n) is 11.9. The summed E-state index contributed by atoms with van der Waals surface area (Å²) in [5.74, 6) is 1.13. The number of anilines is 2. The Labute approximate surface area is 109 Å². The van der Waals surface area contributed by atoms with Crippen molar-refractivity contribution in [1.29, 1.82) is 0 Å². The summed E-state index contributed by atoms with van der Waals surface area (Å²) in [6.07, 6.45) is 2.44. The van der Waals surface area contributed by atoms with Gasteiger partial charge in [0.15, 0.2) is 0 Å². The van der Waals surface area contributed by atoms with Gasteiger partial charge in [-0.3, -0.25) is 4.68 Å². The number of aliphatic hydroxyl groups excluding tert-OH is 1. The highest BCUT2D eigenvalue weighted by Crippen LogP contribution is 2.23. The van der Waals surface area contributed by atoms with E-state index in [0.717, 1.165) is 30.8 Å². The highest BCUT2D eigenvalue weighted by Gasteiger charge is 2.17. The Hall–Kier alpha value is -1.23. The Morgan fingerprint density at radius 2 is 1.94 bits per heavy atom. The van der Waals surface area contributed by atoms with E-state index in [0.29, 0.717) is 18.2 Å². The minimum atomic E-state index is -0.348. The normalized spacial score (nSPS) is 13.0. The summed E-state index contributed by atoms with van der Waals surface area (Å²) in [4.78, 5) is 0. The van der Waals surface area contributed by atoms with Crippen molar-refractivity contribution >= 4 is 11.5 Å². The number of nitrogens with one attached hydrogen (secondary N) is 1. The zero-order chi connectivity index (χ0) is 13.7. The standard InChI is InChI=1S/C13H26N4O/c1-5-9(6-2)11(18)8-15-13-12(14)10(7-3)16-17(13)4/h9,11,15,18H,5-8,14H2,1-4H3. The molecule has 0 saturated carbocycles. The van der Waals surface area contributed by atoms with E-state index in [9.17, 15) is 5.11 Å². The molecule has 5 heteroatoms. The number of hydrogen-bond acceptors (Lipinski definition) is 4. The average molecular weight is 254 g/mol. The second kappa shape index (κ2) is 6.64. The van der Waals surface area contributed by atoms with Gasteiger partial charge in [0.1, 0.15) is 5.82 Å². The SMILES string of the molecule is CCc1nn(C)c(NCC(O)C(CC)CC)c1N. The van der Waals surface area contributed by atoms with Crippen LogP contribution in [-0.2, 0) is 13.5 Å². The van der Waals surface area contributed by atoms with Crippen molar-refractivity contribution in [1.82, 2.24) is 9.78 Å². The zero-order valence-corrected chi connectivity index (χ0v) is 11.9. The van der Waals surface area contributed by atoms with E-state index in [1.165, 1.54) is 0 Å². The van der Waals surface area contributed by atoms with Gasteiger partial charge in [-0.05, 0) is 12.3 Å². The maximum absolute atomic E-state index is 10.1. The number of hydrogen-bond donors (Lipinski definition) is 3. The van der Waals surface area contributed by atoms with Gasteiger partial charge < -0.3 is 16.2 Å². The van der Waals surface area contributed by atoms with Crippen LogP contribution in [0, 0.1) is 5.92 Å². The summed E-state index contributed by atoms with van der Waals surface area (Å²) in [6.45, 7) is 6.75. The third kappa shape index (κ3) is 3.16. The Kier molecular flexibility index (Phi) is 5.47. The number of nitrogen functional groups attached to an aromatic ring is 1. The predicted octanol–water partition coefficient (Wildman–Crippen LogP) is 1.77. The van der Waals surface area contributed by atoms with Crippen LogP contribution in [0.25, 0.3) is 0 Å². The maximum Gasteiger partial charge on any atom is 0.147 e. The van der Waals surface area contributed by atoms with Crippen molar-refractivity contribution in [2.75, 3.05) is 17.6 Å². The number of aromatic nitrogens is 2. The predicted molar refractivity (Wildman–Crippen MR) is 75.6 cm³/mol. The van der Waals surface area contributed by atoms with Crippen molar-refractivity contribution in [3.63, 3.8) is 0 Å². The molecule has 1 aromatic heterocycles. The first kappa shape index (κ1) is 14.8. The van der Waals surface area contributed by atoms with E-state index in [2.05, 4.69) is 24.3 Å². The monoisotopic (exact) mass is 254 g/mol. The molecule has 104 valence electrons. The van der Waals surface area contributed by atoms with E-state index in [1.807, 2.05) is 14.0 Å². The third-order valence-electron chi connectivity index (χ3n) is 3.57. The summed E-state index contributed by atoms with van der Waals surface area (Å²) in [7, 11) is 1.86. The van der Waals surface area contributed by atoms with Crippen molar-refractivity contribution < 1.29 is 5.11 Å². The fourth-order valence-electron chi connectivity index (χ4n) is 2.27. The first-order valence-corrected chi connectivity index (χ1v) is 6.78. The number of nitrogens with zero attached hydrogens (tertiary/aromatic N) is 2. The van der Waals surface area contributed by atoms with E-state index >= 15 is 0 Å². The highest BCUT2D eigenvalue weighted by molar-refractivity contribution is 5.65. The van der Waals surface area contributed by atoms with Gasteiger partial charge in [-0.2, -0.15) is 5.10 Å². The molecule has 0 bridgehead atoms. The summed E-state index contributed by atoms with van der Waals surface area (Å²) in [5.41, 5.74) is 7.61. The average Bonchev–Trinajstić information content (AvgIpc) is 2.63. The van der Waals surface area contributed by atoms with E-state index in [-0.39, 0.29) is 6.10 Å². The lowest BCUT2D eigenvalue weighted by atomic mass is 9.96. The van der Waals surface area contributed by atoms with Gasteiger partial charge in [-0.1, -0.05) is 33.6 Å². The molecule has 1 heterocycles. The number of rotatable bonds is 7. The molecule has 0 aliphatic heterocycles. The molecule has 0 spiro atoms. The second-order valence-electron chi connectivity index (χ2n) is 4.71. The molecule has 1 rings (SSSR count). The third-order valence-corrected chi connectivity index (χ3v) is 3.57. The largest absolute Gasteiger partial charge is 0.394 e. The maximum atomic E-state index is 10.1. The molecule has 1 unspecified atom stereocenters. The second-order valence-corrected chi connectivity index (χ2v) is 4.71. The van der Waals surface area contributed by atoms with Gasteiger partial charge >= 0.3 is 0 Å². The molecule has 0 radical (unpaired) electrons. The van der Waals surface area contributed by atoms with Crippen LogP contribution in [0.2, 0.25) is 0 Å². The van der Waals surface area contributed by atoms with E-state index in [4.69, 9.17) is 5.73 Å². The van der Waals surface area contributed by atoms with Crippen molar-refractivity contribution in [2.45, 2.75) is 46.1 Å². The molecule has 0 fully saturated rings. The van der Waals surface area contributed by atoms with Crippen molar-refractivity contribution in [2.24, 2.45) is 13.0 Å². The lowest BCUT2D eigenvalue weighted by molar-refractivity contribution is 0.114. The van der Waals surface area contributed by atoms with Crippen molar-refractivity contribution in [3.05, 3.63) is 5.69 Å². The fourth-order valence-corrected chi connectivity index (χ4v) is 2.27. The molecule has 0 aromatic carbocycles. The molecule has 1 atom stereocenters. The smallest absolute Gasteiger partial charge is 0.147 e.